The number of hydrogen-bond donors (Lipinski definition) is 0. The van der Waals surface area contributed by atoms with E-state index in [0.29, 0.717) is 13.1 Å². The predicted molar refractivity (Wildman–Crippen MR) is 136 cm³/mol. The van der Waals surface area contributed by atoms with E-state index in [4.69, 9.17) is 10.1 Å². The van der Waals surface area contributed by atoms with Crippen LogP contribution in [0.4, 0.5) is 15.8 Å². The first-order valence-electron chi connectivity index (χ1n) is 11.9. The summed E-state index contributed by atoms with van der Waals surface area (Å²) in [6, 6.07) is 21.4. The van der Waals surface area contributed by atoms with E-state index < -0.39 is 0 Å². The molecule has 2 heterocycles. The van der Waals surface area contributed by atoms with Gasteiger partial charge in [0.05, 0.1) is 18.0 Å². The first kappa shape index (κ1) is 23.6. The molecule has 1 fully saturated rings. The van der Waals surface area contributed by atoms with Crippen molar-refractivity contribution in [2.24, 2.45) is 0 Å². The number of nitrogens with zero attached hydrogens (tertiary/aromatic N) is 6. The third-order valence-electron chi connectivity index (χ3n) is 6.40. The number of halogens is 1. The van der Waals surface area contributed by atoms with E-state index in [1.165, 1.54) is 12.1 Å². The maximum Gasteiger partial charge on any atom is 0.269 e. The summed E-state index contributed by atoms with van der Waals surface area (Å²) in [5.74, 6) is 1.28. The number of nitro benzene ring substituents is 1. The lowest BCUT2D eigenvalue weighted by Crippen LogP contribution is -2.46. The second-order valence-electron chi connectivity index (χ2n) is 9.04. The van der Waals surface area contributed by atoms with Gasteiger partial charge in [0.1, 0.15) is 5.82 Å². The topological polar surface area (TPSA) is 80.3 Å². The Morgan fingerprint density at radius 1 is 0.944 bits per heavy atom. The van der Waals surface area contributed by atoms with Crippen LogP contribution in [-0.2, 0) is 13.1 Å². The van der Waals surface area contributed by atoms with Gasteiger partial charge >= 0.3 is 0 Å². The highest BCUT2D eigenvalue weighted by atomic mass is 19.1. The Morgan fingerprint density at radius 2 is 1.67 bits per heavy atom. The molecule has 0 unspecified atom stereocenters. The highest BCUT2D eigenvalue weighted by molar-refractivity contribution is 5.56. The molecule has 184 valence electrons. The second kappa shape index (κ2) is 10.2. The zero-order valence-electron chi connectivity index (χ0n) is 20.0. The van der Waals surface area contributed by atoms with E-state index in [1.807, 2.05) is 16.8 Å². The molecule has 0 N–H and O–H groups in total. The summed E-state index contributed by atoms with van der Waals surface area (Å²) in [5, 5.41) is 15.7. The van der Waals surface area contributed by atoms with Crippen LogP contribution in [0.3, 0.4) is 0 Å². The number of hydrogen-bond acceptors (Lipinski definition) is 6. The van der Waals surface area contributed by atoms with Crippen molar-refractivity contribution in [2.45, 2.75) is 20.0 Å². The van der Waals surface area contributed by atoms with Crippen molar-refractivity contribution < 1.29 is 9.31 Å². The van der Waals surface area contributed by atoms with E-state index in [1.54, 1.807) is 36.4 Å². The molecule has 4 aromatic rings. The molecular weight excluding hydrogens is 459 g/mol. The maximum atomic E-state index is 13.4. The van der Waals surface area contributed by atoms with Crippen molar-refractivity contribution in [2.75, 3.05) is 31.1 Å². The largest absolute Gasteiger partial charge is 0.369 e. The molecule has 0 saturated carbocycles. The molecule has 0 atom stereocenters. The van der Waals surface area contributed by atoms with Gasteiger partial charge < -0.3 is 4.90 Å². The minimum atomic E-state index is -0.380. The van der Waals surface area contributed by atoms with Gasteiger partial charge in [-0.05, 0) is 42.8 Å². The quantitative estimate of drug-likeness (QED) is 0.279. The second-order valence-corrected chi connectivity index (χ2v) is 9.04. The molecule has 0 bridgehead atoms. The van der Waals surface area contributed by atoms with Crippen LogP contribution >= 0.6 is 0 Å². The van der Waals surface area contributed by atoms with Crippen LogP contribution in [0.2, 0.25) is 0 Å². The normalized spacial score (nSPS) is 14.2. The SMILES string of the molecule is Cc1cccc(-c2nc(CN3CCN(c4ccc([N+](=O)[O-])cc4)CC3)nn2Cc2ccc(F)cc2)c1. The number of aromatic nitrogens is 3. The Kier molecular flexibility index (Phi) is 6.73. The molecule has 0 spiro atoms. The molecule has 1 aromatic heterocycles. The summed E-state index contributed by atoms with van der Waals surface area (Å²) in [6.07, 6.45) is 0. The fourth-order valence-corrected chi connectivity index (χ4v) is 4.48. The Hall–Kier alpha value is -4.11. The molecule has 5 rings (SSSR count). The average molecular weight is 487 g/mol. The highest BCUT2D eigenvalue weighted by Gasteiger charge is 2.21. The van der Waals surface area contributed by atoms with Crippen molar-refractivity contribution in [1.29, 1.82) is 0 Å². The summed E-state index contributed by atoms with van der Waals surface area (Å²) in [5.41, 5.74) is 4.19. The van der Waals surface area contributed by atoms with Gasteiger partial charge in [0.25, 0.3) is 5.69 Å². The van der Waals surface area contributed by atoms with E-state index >= 15 is 0 Å². The number of anilines is 1. The van der Waals surface area contributed by atoms with Gasteiger partial charge in [-0.25, -0.2) is 14.1 Å². The number of piperazine rings is 1. The number of nitro groups is 1. The van der Waals surface area contributed by atoms with Crippen LogP contribution < -0.4 is 4.90 Å². The molecule has 1 saturated heterocycles. The molecule has 1 aliphatic rings. The summed E-state index contributed by atoms with van der Waals surface area (Å²) >= 11 is 0. The van der Waals surface area contributed by atoms with Crippen LogP contribution in [-0.4, -0.2) is 50.8 Å². The predicted octanol–water partition coefficient (Wildman–Crippen LogP) is 4.67. The Balaban J connectivity index is 1.30. The van der Waals surface area contributed by atoms with Gasteiger partial charge in [0.15, 0.2) is 11.6 Å². The molecule has 0 aliphatic carbocycles. The summed E-state index contributed by atoms with van der Waals surface area (Å²) < 4.78 is 15.3. The molecule has 8 nitrogen and oxygen atoms in total. The van der Waals surface area contributed by atoms with Crippen LogP contribution in [0, 0.1) is 22.9 Å². The lowest BCUT2D eigenvalue weighted by atomic mass is 10.1. The van der Waals surface area contributed by atoms with E-state index in [9.17, 15) is 14.5 Å². The Labute approximate surface area is 208 Å². The third-order valence-corrected chi connectivity index (χ3v) is 6.40. The zero-order chi connectivity index (χ0) is 25.1. The fraction of sp³-hybridized carbons (Fsp3) is 0.259. The van der Waals surface area contributed by atoms with Gasteiger partial charge in [-0.2, -0.15) is 5.10 Å². The van der Waals surface area contributed by atoms with Crippen molar-refractivity contribution >= 4 is 11.4 Å². The minimum Gasteiger partial charge on any atom is -0.369 e. The van der Waals surface area contributed by atoms with Crippen molar-refractivity contribution in [1.82, 2.24) is 19.7 Å². The minimum absolute atomic E-state index is 0.101. The van der Waals surface area contributed by atoms with Gasteiger partial charge in [0.2, 0.25) is 0 Å². The number of rotatable bonds is 7. The standard InChI is InChI=1S/C27H27FN6O2/c1-20-3-2-4-22(17-20)27-29-26(30-33(27)18-21-5-7-23(28)8-6-21)19-31-13-15-32(16-14-31)24-9-11-25(12-10-24)34(35)36/h2-12,17H,13-16,18-19H2,1H3. The van der Waals surface area contributed by atoms with Gasteiger partial charge in [-0.1, -0.05) is 35.9 Å². The van der Waals surface area contributed by atoms with E-state index in [-0.39, 0.29) is 16.4 Å². The lowest BCUT2D eigenvalue weighted by Gasteiger charge is -2.35. The van der Waals surface area contributed by atoms with Gasteiger partial charge in [-0.15, -0.1) is 0 Å². The Morgan fingerprint density at radius 3 is 2.33 bits per heavy atom. The summed E-state index contributed by atoms with van der Waals surface area (Å²) in [7, 11) is 0. The van der Waals surface area contributed by atoms with E-state index in [2.05, 4.69) is 28.9 Å². The van der Waals surface area contributed by atoms with Gasteiger partial charge in [-0.3, -0.25) is 15.0 Å². The molecule has 36 heavy (non-hydrogen) atoms. The summed E-state index contributed by atoms with van der Waals surface area (Å²) in [6.45, 7) is 6.49. The molecule has 3 aromatic carbocycles. The average Bonchev–Trinajstić information content (AvgIpc) is 3.28. The molecule has 0 amide bonds. The first-order chi connectivity index (χ1) is 17.4. The van der Waals surface area contributed by atoms with Crippen molar-refractivity contribution in [3.8, 4) is 11.4 Å². The van der Waals surface area contributed by atoms with Crippen LogP contribution in [0.25, 0.3) is 11.4 Å². The Bertz CT molecular complexity index is 1350. The van der Waals surface area contributed by atoms with Crippen molar-refractivity contribution in [3.63, 3.8) is 0 Å². The fourth-order valence-electron chi connectivity index (χ4n) is 4.48. The number of aryl methyl sites for hydroxylation is 1. The zero-order valence-corrected chi connectivity index (χ0v) is 20.0. The number of benzene rings is 3. The highest BCUT2D eigenvalue weighted by Crippen LogP contribution is 2.23. The summed E-state index contributed by atoms with van der Waals surface area (Å²) in [4.78, 5) is 20.0. The molecular formula is C27H27FN6O2. The molecule has 9 heteroatoms. The van der Waals surface area contributed by atoms with Crippen molar-refractivity contribution in [3.05, 3.63) is 106 Å². The lowest BCUT2D eigenvalue weighted by molar-refractivity contribution is -0.384. The first-order valence-corrected chi connectivity index (χ1v) is 11.9. The molecule has 0 radical (unpaired) electrons. The van der Waals surface area contributed by atoms with Crippen LogP contribution in [0.15, 0.2) is 72.8 Å². The molecule has 1 aliphatic heterocycles. The van der Waals surface area contributed by atoms with Crippen LogP contribution in [0.5, 0.6) is 0 Å². The number of non-ortho nitro benzene ring substituents is 1. The smallest absolute Gasteiger partial charge is 0.269 e. The van der Waals surface area contributed by atoms with Crippen LogP contribution in [0.1, 0.15) is 17.0 Å². The maximum absolute atomic E-state index is 13.4. The van der Waals surface area contributed by atoms with E-state index in [0.717, 1.165) is 60.2 Å². The van der Waals surface area contributed by atoms with Gasteiger partial charge in [0, 0.05) is 49.6 Å². The third kappa shape index (κ3) is 5.41. The monoisotopic (exact) mass is 486 g/mol.